The number of hydrogen-bond donors (Lipinski definition) is 1. The lowest BCUT2D eigenvalue weighted by atomic mass is 10.2. The van der Waals surface area contributed by atoms with E-state index in [1.165, 1.54) is 23.5 Å². The Morgan fingerprint density at radius 3 is 2.83 bits per heavy atom. The van der Waals surface area contributed by atoms with Gasteiger partial charge in [-0.2, -0.15) is 0 Å². The van der Waals surface area contributed by atoms with Crippen molar-refractivity contribution in [3.63, 3.8) is 0 Å². The summed E-state index contributed by atoms with van der Waals surface area (Å²) in [4.78, 5) is 0. The zero-order chi connectivity index (χ0) is 13.0. The fraction of sp³-hybridized carbons (Fsp3) is 0.333. The molecule has 1 N–H and O–H groups in total. The van der Waals surface area contributed by atoms with Crippen molar-refractivity contribution in [1.82, 2.24) is 15.5 Å². The molecule has 0 bridgehead atoms. The van der Waals surface area contributed by atoms with Crippen molar-refractivity contribution in [2.24, 2.45) is 0 Å². The number of halogens is 2. The minimum absolute atomic E-state index is 0.300. The van der Waals surface area contributed by atoms with Crippen LogP contribution in [0.15, 0.2) is 18.2 Å². The fourth-order valence-electron chi connectivity index (χ4n) is 1.54. The molecule has 6 heteroatoms. The predicted octanol–water partition coefficient (Wildman–Crippen LogP) is 2.64. The van der Waals surface area contributed by atoms with Crippen molar-refractivity contribution >= 4 is 11.3 Å². The van der Waals surface area contributed by atoms with Crippen LogP contribution in [0.4, 0.5) is 8.78 Å². The number of aromatic nitrogens is 2. The van der Waals surface area contributed by atoms with E-state index in [4.69, 9.17) is 0 Å². The first kappa shape index (κ1) is 13.0. The van der Waals surface area contributed by atoms with E-state index in [0.717, 1.165) is 30.5 Å². The predicted molar refractivity (Wildman–Crippen MR) is 67.5 cm³/mol. The van der Waals surface area contributed by atoms with Crippen LogP contribution in [0.1, 0.15) is 11.4 Å². The number of nitrogens with one attached hydrogen (secondary N) is 1. The maximum absolute atomic E-state index is 13.5. The molecular formula is C12H13F2N3S. The second-order valence-electron chi connectivity index (χ2n) is 3.83. The molecule has 0 saturated carbocycles. The summed E-state index contributed by atoms with van der Waals surface area (Å²) in [7, 11) is 1.89. The van der Waals surface area contributed by atoms with Crippen LogP contribution in [0.2, 0.25) is 0 Å². The van der Waals surface area contributed by atoms with Gasteiger partial charge in [-0.05, 0) is 32.1 Å². The Kier molecular flexibility index (Phi) is 4.33. The molecule has 0 unspecified atom stereocenters. The van der Waals surface area contributed by atoms with Gasteiger partial charge >= 0.3 is 0 Å². The van der Waals surface area contributed by atoms with Crippen molar-refractivity contribution in [3.05, 3.63) is 34.8 Å². The fourth-order valence-corrected chi connectivity index (χ4v) is 2.45. The molecule has 1 aromatic carbocycles. The molecule has 0 aliphatic rings. The average Bonchev–Trinajstić information content (AvgIpc) is 2.78. The molecule has 2 aromatic rings. The van der Waals surface area contributed by atoms with E-state index in [0.29, 0.717) is 10.6 Å². The number of benzene rings is 1. The van der Waals surface area contributed by atoms with Gasteiger partial charge in [0.25, 0.3) is 0 Å². The van der Waals surface area contributed by atoms with E-state index < -0.39 is 11.6 Å². The summed E-state index contributed by atoms with van der Waals surface area (Å²) in [6.45, 7) is 0.903. The smallest absolute Gasteiger partial charge is 0.150 e. The number of aryl methyl sites for hydroxylation is 1. The second-order valence-corrected chi connectivity index (χ2v) is 4.89. The van der Waals surface area contributed by atoms with E-state index in [1.807, 2.05) is 7.05 Å². The third-order valence-electron chi connectivity index (χ3n) is 2.45. The van der Waals surface area contributed by atoms with Crippen molar-refractivity contribution < 1.29 is 8.78 Å². The van der Waals surface area contributed by atoms with Gasteiger partial charge in [-0.1, -0.05) is 11.3 Å². The highest BCUT2D eigenvalue weighted by atomic mass is 32.1. The van der Waals surface area contributed by atoms with Gasteiger partial charge in [-0.3, -0.25) is 0 Å². The molecule has 18 heavy (non-hydrogen) atoms. The standard InChI is InChI=1S/C12H13F2N3S/c1-15-6-2-3-11-16-17-12(18-11)9-5-4-8(13)7-10(9)14/h4-5,7,15H,2-3,6H2,1H3. The van der Waals surface area contributed by atoms with E-state index in [1.54, 1.807) is 0 Å². The molecular weight excluding hydrogens is 256 g/mol. The maximum Gasteiger partial charge on any atom is 0.150 e. The Hall–Kier alpha value is -1.40. The van der Waals surface area contributed by atoms with Crippen LogP contribution in [0.25, 0.3) is 10.6 Å². The zero-order valence-corrected chi connectivity index (χ0v) is 10.7. The Morgan fingerprint density at radius 2 is 2.11 bits per heavy atom. The van der Waals surface area contributed by atoms with Crippen LogP contribution in [-0.4, -0.2) is 23.8 Å². The molecule has 0 spiro atoms. The Labute approximate surface area is 108 Å². The molecule has 0 amide bonds. The van der Waals surface area contributed by atoms with Crippen LogP contribution in [0.3, 0.4) is 0 Å². The highest BCUT2D eigenvalue weighted by Gasteiger charge is 2.11. The van der Waals surface area contributed by atoms with Crippen molar-refractivity contribution in [2.75, 3.05) is 13.6 Å². The average molecular weight is 269 g/mol. The summed E-state index contributed by atoms with van der Waals surface area (Å²) in [5.74, 6) is -1.19. The van der Waals surface area contributed by atoms with Gasteiger partial charge in [0.15, 0.2) is 5.01 Å². The molecule has 0 aliphatic heterocycles. The van der Waals surface area contributed by atoms with Crippen molar-refractivity contribution in [3.8, 4) is 10.6 Å². The third-order valence-corrected chi connectivity index (χ3v) is 3.46. The van der Waals surface area contributed by atoms with Gasteiger partial charge < -0.3 is 5.32 Å². The first-order valence-electron chi connectivity index (χ1n) is 5.63. The largest absolute Gasteiger partial charge is 0.320 e. The van der Waals surface area contributed by atoms with Crippen LogP contribution in [0, 0.1) is 11.6 Å². The maximum atomic E-state index is 13.5. The molecule has 0 aliphatic carbocycles. The summed E-state index contributed by atoms with van der Waals surface area (Å²) in [6.07, 6.45) is 1.76. The van der Waals surface area contributed by atoms with E-state index >= 15 is 0 Å². The highest BCUT2D eigenvalue weighted by molar-refractivity contribution is 7.14. The molecule has 0 fully saturated rings. The molecule has 0 radical (unpaired) electrons. The van der Waals surface area contributed by atoms with Crippen LogP contribution >= 0.6 is 11.3 Å². The summed E-state index contributed by atoms with van der Waals surface area (Å²) >= 11 is 1.34. The van der Waals surface area contributed by atoms with Gasteiger partial charge in [0, 0.05) is 18.1 Å². The Morgan fingerprint density at radius 1 is 1.28 bits per heavy atom. The number of nitrogens with zero attached hydrogens (tertiary/aromatic N) is 2. The van der Waals surface area contributed by atoms with Crippen molar-refractivity contribution in [2.45, 2.75) is 12.8 Å². The minimum Gasteiger partial charge on any atom is -0.320 e. The van der Waals surface area contributed by atoms with E-state index in [-0.39, 0.29) is 0 Å². The summed E-state index contributed by atoms with van der Waals surface area (Å²) in [6, 6.07) is 3.47. The number of hydrogen-bond acceptors (Lipinski definition) is 4. The Bertz CT molecular complexity index is 528. The van der Waals surface area contributed by atoms with E-state index in [2.05, 4.69) is 15.5 Å². The zero-order valence-electron chi connectivity index (χ0n) is 9.91. The molecule has 1 heterocycles. The van der Waals surface area contributed by atoms with Gasteiger partial charge in [0.05, 0.1) is 0 Å². The molecule has 2 rings (SSSR count). The van der Waals surface area contributed by atoms with Crippen LogP contribution in [-0.2, 0) is 6.42 Å². The highest BCUT2D eigenvalue weighted by Crippen LogP contribution is 2.26. The molecule has 3 nitrogen and oxygen atoms in total. The quantitative estimate of drug-likeness (QED) is 0.848. The molecule has 1 aromatic heterocycles. The van der Waals surface area contributed by atoms with Gasteiger partial charge in [0.1, 0.15) is 16.6 Å². The third kappa shape index (κ3) is 3.08. The Balaban J connectivity index is 2.13. The van der Waals surface area contributed by atoms with Gasteiger partial charge in [-0.15, -0.1) is 10.2 Å². The van der Waals surface area contributed by atoms with Crippen LogP contribution < -0.4 is 5.32 Å². The van der Waals surface area contributed by atoms with Crippen LogP contribution in [0.5, 0.6) is 0 Å². The topological polar surface area (TPSA) is 37.8 Å². The summed E-state index contributed by atoms with van der Waals surface area (Å²) < 4.78 is 26.3. The molecule has 96 valence electrons. The lowest BCUT2D eigenvalue weighted by Gasteiger charge is -1.97. The normalized spacial score (nSPS) is 10.8. The summed E-state index contributed by atoms with van der Waals surface area (Å²) in [5, 5.41) is 12.4. The minimum atomic E-state index is -0.604. The summed E-state index contributed by atoms with van der Waals surface area (Å²) in [5.41, 5.74) is 0.300. The molecule has 0 saturated heterocycles. The van der Waals surface area contributed by atoms with Gasteiger partial charge in [-0.25, -0.2) is 8.78 Å². The lowest BCUT2D eigenvalue weighted by Crippen LogP contribution is -2.08. The second kappa shape index (κ2) is 5.97. The SMILES string of the molecule is CNCCCc1nnc(-c2ccc(F)cc2F)s1. The van der Waals surface area contributed by atoms with Gasteiger partial charge in [0.2, 0.25) is 0 Å². The van der Waals surface area contributed by atoms with E-state index in [9.17, 15) is 8.78 Å². The monoisotopic (exact) mass is 269 g/mol. The van der Waals surface area contributed by atoms with Crippen molar-refractivity contribution in [1.29, 1.82) is 0 Å². The first-order chi connectivity index (χ1) is 8.70. The lowest BCUT2D eigenvalue weighted by molar-refractivity contribution is 0.585. The first-order valence-corrected chi connectivity index (χ1v) is 6.45. The molecule has 0 atom stereocenters. The number of rotatable bonds is 5.